The third-order valence-electron chi connectivity index (χ3n) is 4.59. The number of aryl methyl sites for hydroxylation is 1. The molecule has 1 fully saturated rings. The summed E-state index contributed by atoms with van der Waals surface area (Å²) in [4.78, 5) is 26.0. The molecule has 25 heavy (non-hydrogen) atoms. The molecular formula is C18H22FN3O3. The number of nitrogens with zero attached hydrogens (tertiary/aromatic N) is 1. The van der Waals surface area contributed by atoms with E-state index in [9.17, 15) is 14.0 Å². The molecule has 6 nitrogen and oxygen atoms in total. The second-order valence-corrected chi connectivity index (χ2v) is 6.47. The van der Waals surface area contributed by atoms with Crippen LogP contribution >= 0.6 is 0 Å². The number of rotatable bonds is 5. The van der Waals surface area contributed by atoms with E-state index in [0.717, 1.165) is 12.8 Å². The predicted molar refractivity (Wildman–Crippen MR) is 91.1 cm³/mol. The number of likely N-dealkylation sites (tertiary alicyclic amines) is 1. The van der Waals surface area contributed by atoms with Gasteiger partial charge in [-0.2, -0.15) is 0 Å². The maximum absolute atomic E-state index is 12.9. The first-order valence-corrected chi connectivity index (χ1v) is 8.45. The Morgan fingerprint density at radius 2 is 2.08 bits per heavy atom. The largest absolute Gasteiger partial charge is 0.493 e. The molecule has 0 bridgehead atoms. The van der Waals surface area contributed by atoms with Crippen LogP contribution in [-0.4, -0.2) is 40.7 Å². The van der Waals surface area contributed by atoms with Gasteiger partial charge in [-0.1, -0.05) is 0 Å². The van der Waals surface area contributed by atoms with Crippen LogP contribution in [-0.2, 0) is 11.2 Å². The van der Waals surface area contributed by atoms with Crippen LogP contribution in [0.25, 0.3) is 0 Å². The van der Waals surface area contributed by atoms with Gasteiger partial charge in [-0.25, -0.2) is 4.39 Å². The smallest absolute Gasteiger partial charge is 0.267 e. The molecule has 0 spiro atoms. The van der Waals surface area contributed by atoms with Gasteiger partial charge in [0, 0.05) is 30.3 Å². The molecular weight excluding hydrogens is 325 g/mol. The lowest BCUT2D eigenvalue weighted by Crippen LogP contribution is -2.42. The van der Waals surface area contributed by atoms with Gasteiger partial charge in [-0.3, -0.25) is 14.7 Å². The first-order chi connectivity index (χ1) is 12.0. The first-order valence-electron chi connectivity index (χ1n) is 8.45. The van der Waals surface area contributed by atoms with Crippen molar-refractivity contribution >= 4 is 5.91 Å². The molecule has 0 saturated carbocycles. The molecule has 1 aromatic heterocycles. The summed E-state index contributed by atoms with van der Waals surface area (Å²) in [5.74, 6) is 0.518. The zero-order valence-corrected chi connectivity index (χ0v) is 14.2. The lowest BCUT2D eigenvalue weighted by molar-refractivity contribution is -0.132. The summed E-state index contributed by atoms with van der Waals surface area (Å²) in [7, 11) is 0. The summed E-state index contributed by atoms with van der Waals surface area (Å²) in [5, 5.41) is 5.24. The molecule has 3 rings (SSSR count). The molecule has 1 amide bonds. The number of nitrogens with one attached hydrogen (secondary N) is 2. The van der Waals surface area contributed by atoms with E-state index < -0.39 is 0 Å². The summed E-state index contributed by atoms with van der Waals surface area (Å²) in [6.07, 6.45) is 2.00. The van der Waals surface area contributed by atoms with E-state index in [1.54, 1.807) is 24.0 Å². The average molecular weight is 347 g/mol. The van der Waals surface area contributed by atoms with Crippen molar-refractivity contribution in [3.8, 4) is 5.75 Å². The van der Waals surface area contributed by atoms with E-state index in [-0.39, 0.29) is 29.6 Å². The molecule has 1 saturated heterocycles. The van der Waals surface area contributed by atoms with E-state index in [1.165, 1.54) is 12.1 Å². The van der Waals surface area contributed by atoms with Crippen LogP contribution in [0.15, 0.2) is 29.1 Å². The first kappa shape index (κ1) is 17.3. The summed E-state index contributed by atoms with van der Waals surface area (Å²) in [6, 6.07) is 5.93. The number of aromatic amines is 2. The Labute approximate surface area is 145 Å². The minimum Gasteiger partial charge on any atom is -0.493 e. The monoisotopic (exact) mass is 347 g/mol. The fourth-order valence-electron chi connectivity index (χ4n) is 3.12. The molecule has 1 atom stereocenters. The predicted octanol–water partition coefficient (Wildman–Crippen LogP) is 2.01. The van der Waals surface area contributed by atoms with Gasteiger partial charge in [0.1, 0.15) is 11.6 Å². The molecule has 2 N–H and O–H groups in total. The Balaban J connectivity index is 1.54. The SMILES string of the molecule is Cc1[nH][nH]c(=O)c1CC(=O)N1CCC[C@H](COc2ccc(F)cc2)C1. The van der Waals surface area contributed by atoms with Crippen molar-refractivity contribution in [1.82, 2.24) is 15.1 Å². The van der Waals surface area contributed by atoms with Crippen molar-refractivity contribution in [1.29, 1.82) is 0 Å². The van der Waals surface area contributed by atoms with Gasteiger partial charge in [0.25, 0.3) is 5.56 Å². The maximum Gasteiger partial charge on any atom is 0.267 e. The lowest BCUT2D eigenvalue weighted by Gasteiger charge is -2.32. The molecule has 0 aliphatic carbocycles. The standard InChI is InChI=1S/C18H22FN3O3/c1-12-16(18(24)21-20-12)9-17(23)22-8-2-3-13(10-22)11-25-15-6-4-14(19)5-7-15/h4-7,13H,2-3,8-11H2,1H3,(H2,20,21,24)/t13-/m0/s1. The normalized spacial score (nSPS) is 17.5. The number of benzene rings is 1. The number of carbonyl (C=O) groups is 1. The highest BCUT2D eigenvalue weighted by atomic mass is 19.1. The van der Waals surface area contributed by atoms with Gasteiger partial charge in [-0.15, -0.1) is 0 Å². The van der Waals surface area contributed by atoms with Crippen LogP contribution in [0.2, 0.25) is 0 Å². The topological polar surface area (TPSA) is 78.2 Å². The number of halogens is 1. The van der Waals surface area contributed by atoms with Gasteiger partial charge in [-0.05, 0) is 44.0 Å². The zero-order valence-electron chi connectivity index (χ0n) is 14.2. The number of amides is 1. The minimum atomic E-state index is -0.295. The van der Waals surface area contributed by atoms with E-state index in [4.69, 9.17) is 4.74 Å². The van der Waals surface area contributed by atoms with Crippen LogP contribution < -0.4 is 10.3 Å². The molecule has 1 aliphatic rings. The average Bonchev–Trinajstić information content (AvgIpc) is 2.93. The van der Waals surface area contributed by atoms with Crippen LogP contribution in [0.4, 0.5) is 4.39 Å². The number of hydrogen-bond acceptors (Lipinski definition) is 3. The molecule has 2 aromatic rings. The number of aromatic nitrogens is 2. The molecule has 2 heterocycles. The van der Waals surface area contributed by atoms with Crippen molar-refractivity contribution in [3.05, 3.63) is 51.7 Å². The van der Waals surface area contributed by atoms with Crippen LogP contribution in [0.5, 0.6) is 5.75 Å². The maximum atomic E-state index is 12.9. The van der Waals surface area contributed by atoms with Crippen molar-refractivity contribution in [2.24, 2.45) is 5.92 Å². The van der Waals surface area contributed by atoms with E-state index in [2.05, 4.69) is 10.2 Å². The van der Waals surface area contributed by atoms with E-state index in [1.807, 2.05) is 0 Å². The molecule has 1 aromatic carbocycles. The number of H-pyrrole nitrogens is 2. The zero-order chi connectivity index (χ0) is 17.8. The molecule has 0 unspecified atom stereocenters. The van der Waals surface area contributed by atoms with Crippen molar-refractivity contribution in [2.75, 3.05) is 19.7 Å². The summed E-state index contributed by atoms with van der Waals surface area (Å²) in [5.41, 5.74) is 0.959. The minimum absolute atomic E-state index is 0.0420. The Hall–Kier alpha value is -2.57. The Kier molecular flexibility index (Phi) is 5.21. The highest BCUT2D eigenvalue weighted by Gasteiger charge is 2.25. The van der Waals surface area contributed by atoms with Gasteiger partial charge in [0.05, 0.1) is 13.0 Å². The highest BCUT2D eigenvalue weighted by Crippen LogP contribution is 2.20. The fraction of sp³-hybridized carbons (Fsp3) is 0.444. The molecule has 1 aliphatic heterocycles. The number of piperidine rings is 1. The second kappa shape index (κ2) is 7.55. The van der Waals surface area contributed by atoms with Gasteiger partial charge < -0.3 is 14.7 Å². The van der Waals surface area contributed by atoms with Crippen molar-refractivity contribution in [3.63, 3.8) is 0 Å². The third kappa shape index (κ3) is 4.29. The molecule has 134 valence electrons. The number of hydrogen-bond donors (Lipinski definition) is 2. The molecule has 7 heteroatoms. The summed E-state index contributed by atoms with van der Waals surface area (Å²) >= 11 is 0. The second-order valence-electron chi connectivity index (χ2n) is 6.47. The summed E-state index contributed by atoms with van der Waals surface area (Å²) < 4.78 is 18.6. The van der Waals surface area contributed by atoms with Crippen LogP contribution in [0.3, 0.4) is 0 Å². The third-order valence-corrected chi connectivity index (χ3v) is 4.59. The van der Waals surface area contributed by atoms with Crippen LogP contribution in [0, 0.1) is 18.7 Å². The van der Waals surface area contributed by atoms with Crippen molar-refractivity contribution < 1.29 is 13.9 Å². The highest BCUT2D eigenvalue weighted by molar-refractivity contribution is 5.79. The Bertz CT molecular complexity index is 782. The van der Waals surface area contributed by atoms with E-state index >= 15 is 0 Å². The number of ether oxygens (including phenoxy) is 1. The van der Waals surface area contributed by atoms with E-state index in [0.29, 0.717) is 36.7 Å². The fourth-order valence-corrected chi connectivity index (χ4v) is 3.12. The van der Waals surface area contributed by atoms with Crippen molar-refractivity contribution in [2.45, 2.75) is 26.2 Å². The number of carbonyl (C=O) groups excluding carboxylic acids is 1. The lowest BCUT2D eigenvalue weighted by atomic mass is 9.98. The Morgan fingerprint density at radius 3 is 2.76 bits per heavy atom. The quantitative estimate of drug-likeness (QED) is 0.868. The summed E-state index contributed by atoms with van der Waals surface area (Å²) in [6.45, 7) is 3.57. The molecule has 0 radical (unpaired) electrons. The van der Waals surface area contributed by atoms with Crippen LogP contribution in [0.1, 0.15) is 24.1 Å². The van der Waals surface area contributed by atoms with Gasteiger partial charge in [0.15, 0.2) is 0 Å². The Morgan fingerprint density at radius 1 is 1.32 bits per heavy atom. The van der Waals surface area contributed by atoms with Gasteiger partial charge >= 0.3 is 0 Å². The van der Waals surface area contributed by atoms with Gasteiger partial charge in [0.2, 0.25) is 5.91 Å².